The molecule has 0 aromatic heterocycles. The summed E-state index contributed by atoms with van der Waals surface area (Å²) in [6.07, 6.45) is 0.169. The van der Waals surface area contributed by atoms with Crippen LogP contribution in [0.15, 0.2) is 66.7 Å². The monoisotopic (exact) mass is 486 g/mol. The fourth-order valence-corrected chi connectivity index (χ4v) is 4.22. The molecule has 2 atom stereocenters. The number of carbonyl (C=O) groups is 2. The van der Waals surface area contributed by atoms with Gasteiger partial charge in [-0.2, -0.15) is 10.1 Å². The number of nitrogens with zero attached hydrogens (tertiary/aromatic N) is 2. The average Bonchev–Trinajstić information content (AvgIpc) is 3.34. The Hall–Kier alpha value is -3.89. The Morgan fingerprint density at radius 3 is 2.50 bits per heavy atom. The number of fused-ring (bicyclic) bond motifs is 1. The van der Waals surface area contributed by atoms with E-state index in [-0.39, 0.29) is 0 Å². The van der Waals surface area contributed by atoms with E-state index in [0.29, 0.717) is 31.5 Å². The first-order valence-corrected chi connectivity index (χ1v) is 12.0. The van der Waals surface area contributed by atoms with Gasteiger partial charge in [0.25, 0.3) is 0 Å². The van der Waals surface area contributed by atoms with Gasteiger partial charge in [-0.15, -0.1) is 0 Å². The number of likely N-dealkylation sites (tertiary alicyclic amines) is 1. The van der Waals surface area contributed by atoms with E-state index in [2.05, 4.69) is 6.07 Å². The summed E-state index contributed by atoms with van der Waals surface area (Å²) in [5, 5.41) is 11.1. The molecule has 0 N–H and O–H groups in total. The zero-order valence-electron chi connectivity index (χ0n) is 20.8. The lowest BCUT2D eigenvalue weighted by Gasteiger charge is -2.24. The van der Waals surface area contributed by atoms with E-state index in [1.165, 1.54) is 0 Å². The van der Waals surface area contributed by atoms with Crippen molar-refractivity contribution in [3.8, 4) is 6.07 Å². The quantitative estimate of drug-likeness (QED) is 0.337. The van der Waals surface area contributed by atoms with Gasteiger partial charge in [0.15, 0.2) is 0 Å². The second-order valence-electron chi connectivity index (χ2n) is 10.0. The summed E-state index contributed by atoms with van der Waals surface area (Å²) >= 11 is 0. The SMILES string of the molecule is CC(C)(C)OC(=O)N1CC[C@H](OOC(=O)C(Cc2ccc3cc(C#N)ccc3c2)c2ccccc2)C1. The van der Waals surface area contributed by atoms with Crippen LogP contribution < -0.4 is 0 Å². The minimum absolute atomic E-state index is 0.299. The third kappa shape index (κ3) is 6.41. The average molecular weight is 487 g/mol. The summed E-state index contributed by atoms with van der Waals surface area (Å²) < 4.78 is 5.41. The highest BCUT2D eigenvalue weighted by Crippen LogP contribution is 2.26. The van der Waals surface area contributed by atoms with Gasteiger partial charge in [-0.3, -0.25) is 4.89 Å². The number of hydrogen-bond donors (Lipinski definition) is 0. The van der Waals surface area contributed by atoms with Crippen molar-refractivity contribution in [2.24, 2.45) is 0 Å². The van der Waals surface area contributed by atoms with E-state index in [4.69, 9.17) is 19.8 Å². The molecule has 0 aliphatic carbocycles. The molecule has 1 unspecified atom stereocenters. The molecule has 1 saturated heterocycles. The van der Waals surface area contributed by atoms with E-state index in [0.717, 1.165) is 21.9 Å². The highest BCUT2D eigenvalue weighted by molar-refractivity contribution is 5.85. The molecule has 7 nitrogen and oxygen atoms in total. The van der Waals surface area contributed by atoms with Crippen molar-refractivity contribution in [2.75, 3.05) is 13.1 Å². The van der Waals surface area contributed by atoms with Crippen LogP contribution in [0, 0.1) is 11.3 Å². The fraction of sp³-hybridized carbons (Fsp3) is 0.345. The Labute approximate surface area is 211 Å². The number of amides is 1. The molecule has 1 aliphatic heterocycles. The predicted octanol–water partition coefficient (Wildman–Crippen LogP) is 5.52. The first kappa shape index (κ1) is 25.2. The highest BCUT2D eigenvalue weighted by atomic mass is 17.2. The molecule has 3 aromatic rings. The van der Waals surface area contributed by atoms with Gasteiger partial charge in [0.1, 0.15) is 11.7 Å². The molecule has 1 fully saturated rings. The lowest BCUT2D eigenvalue weighted by atomic mass is 9.91. The van der Waals surface area contributed by atoms with Crippen molar-refractivity contribution >= 4 is 22.8 Å². The highest BCUT2D eigenvalue weighted by Gasteiger charge is 2.32. The minimum atomic E-state index is -0.577. The van der Waals surface area contributed by atoms with Crippen molar-refractivity contribution < 1.29 is 24.1 Å². The van der Waals surface area contributed by atoms with E-state index >= 15 is 0 Å². The van der Waals surface area contributed by atoms with Gasteiger partial charge < -0.3 is 9.64 Å². The molecular weight excluding hydrogens is 456 g/mol. The third-order valence-electron chi connectivity index (χ3n) is 6.02. The van der Waals surface area contributed by atoms with Crippen LogP contribution in [0.1, 0.15) is 49.8 Å². The Morgan fingerprint density at radius 2 is 1.78 bits per heavy atom. The van der Waals surface area contributed by atoms with Crippen LogP contribution in [0.5, 0.6) is 0 Å². The van der Waals surface area contributed by atoms with Gasteiger partial charge in [-0.05, 0) is 67.6 Å². The molecule has 3 aromatic carbocycles. The molecule has 1 amide bonds. The van der Waals surface area contributed by atoms with Crippen molar-refractivity contribution in [3.05, 3.63) is 83.4 Å². The topological polar surface area (TPSA) is 88.9 Å². The maximum atomic E-state index is 13.2. The van der Waals surface area contributed by atoms with Crippen molar-refractivity contribution in [1.82, 2.24) is 4.90 Å². The zero-order valence-corrected chi connectivity index (χ0v) is 20.8. The summed E-state index contributed by atoms with van der Waals surface area (Å²) in [6, 6.07) is 23.1. The smallest absolute Gasteiger partial charge is 0.410 e. The van der Waals surface area contributed by atoms with Gasteiger partial charge in [-0.25, -0.2) is 9.59 Å². The number of ether oxygens (including phenoxy) is 1. The summed E-state index contributed by atoms with van der Waals surface area (Å²) in [7, 11) is 0. The first-order chi connectivity index (χ1) is 17.2. The second kappa shape index (κ2) is 10.8. The summed E-state index contributed by atoms with van der Waals surface area (Å²) in [5.41, 5.74) is 1.82. The summed E-state index contributed by atoms with van der Waals surface area (Å²) in [6.45, 7) is 6.23. The predicted molar refractivity (Wildman–Crippen MR) is 135 cm³/mol. The molecule has 186 valence electrons. The van der Waals surface area contributed by atoms with Crippen LogP contribution in [0.3, 0.4) is 0 Å². The van der Waals surface area contributed by atoms with Crippen LogP contribution in [0.2, 0.25) is 0 Å². The number of nitriles is 1. The molecule has 0 radical (unpaired) electrons. The van der Waals surface area contributed by atoms with Crippen LogP contribution >= 0.6 is 0 Å². The summed E-state index contributed by atoms with van der Waals surface area (Å²) in [4.78, 5) is 37.8. The Bertz CT molecular complexity index is 1280. The van der Waals surface area contributed by atoms with Gasteiger partial charge in [-0.1, -0.05) is 54.6 Å². The van der Waals surface area contributed by atoms with E-state index in [1.54, 1.807) is 11.0 Å². The normalized spacial score (nSPS) is 16.4. The Kier molecular flexibility index (Phi) is 7.56. The summed E-state index contributed by atoms with van der Waals surface area (Å²) in [5.74, 6) is -1.05. The molecule has 0 spiro atoms. The van der Waals surface area contributed by atoms with Crippen LogP contribution in [0.4, 0.5) is 4.79 Å². The zero-order chi connectivity index (χ0) is 25.7. The second-order valence-corrected chi connectivity index (χ2v) is 10.0. The minimum Gasteiger partial charge on any atom is -0.444 e. The number of benzene rings is 3. The number of rotatable bonds is 6. The lowest BCUT2D eigenvalue weighted by Crippen LogP contribution is -2.36. The van der Waals surface area contributed by atoms with Crippen LogP contribution in [0.25, 0.3) is 10.8 Å². The van der Waals surface area contributed by atoms with E-state index in [9.17, 15) is 9.59 Å². The molecule has 0 bridgehead atoms. The van der Waals surface area contributed by atoms with Gasteiger partial charge in [0.2, 0.25) is 0 Å². The van der Waals surface area contributed by atoms with Gasteiger partial charge in [0, 0.05) is 6.54 Å². The van der Waals surface area contributed by atoms with Crippen molar-refractivity contribution in [2.45, 2.75) is 51.2 Å². The molecule has 0 saturated carbocycles. The van der Waals surface area contributed by atoms with Crippen molar-refractivity contribution in [1.29, 1.82) is 5.26 Å². The van der Waals surface area contributed by atoms with E-state index < -0.39 is 29.7 Å². The lowest BCUT2D eigenvalue weighted by molar-refractivity contribution is -0.296. The maximum Gasteiger partial charge on any atom is 0.410 e. The molecule has 36 heavy (non-hydrogen) atoms. The number of hydrogen-bond acceptors (Lipinski definition) is 6. The largest absolute Gasteiger partial charge is 0.444 e. The van der Waals surface area contributed by atoms with Crippen LogP contribution in [-0.4, -0.2) is 41.8 Å². The Morgan fingerprint density at radius 1 is 1.06 bits per heavy atom. The molecule has 7 heteroatoms. The van der Waals surface area contributed by atoms with Crippen LogP contribution in [-0.2, 0) is 25.7 Å². The Balaban J connectivity index is 1.43. The van der Waals surface area contributed by atoms with Gasteiger partial charge >= 0.3 is 12.1 Å². The van der Waals surface area contributed by atoms with Gasteiger partial charge in [0.05, 0.1) is 24.1 Å². The first-order valence-electron chi connectivity index (χ1n) is 12.0. The standard InChI is InChI=1S/C29H30N2O5/c1-29(2,3)34-28(33)31-14-13-25(19-31)35-36-27(32)26(22-7-5-4-6-8-22)17-20-9-11-24-16-21(18-30)10-12-23(24)15-20/h4-12,15-16,25-26H,13-14,17,19H2,1-3H3/t25-,26?/m0/s1. The molecule has 4 rings (SSSR count). The fourth-order valence-electron chi connectivity index (χ4n) is 4.22. The molecular formula is C29H30N2O5. The maximum absolute atomic E-state index is 13.2. The third-order valence-corrected chi connectivity index (χ3v) is 6.02. The van der Waals surface area contributed by atoms with E-state index in [1.807, 2.05) is 81.4 Å². The molecule has 1 aliphatic rings. The molecule has 1 heterocycles. The number of carbonyl (C=O) groups excluding carboxylic acids is 2. The van der Waals surface area contributed by atoms with Crippen molar-refractivity contribution in [3.63, 3.8) is 0 Å².